The van der Waals surface area contributed by atoms with Crippen molar-refractivity contribution in [1.82, 2.24) is 0 Å². The van der Waals surface area contributed by atoms with Gasteiger partial charge < -0.3 is 9.94 Å². The molecular formula is C11H12BrNO2. The van der Waals surface area contributed by atoms with E-state index in [4.69, 9.17) is 4.84 Å². The highest BCUT2D eigenvalue weighted by Gasteiger charge is 2.40. The number of hydrogen-bond donors (Lipinski definition) is 1. The summed E-state index contributed by atoms with van der Waals surface area (Å²) in [6, 6.07) is 7.62. The summed E-state index contributed by atoms with van der Waals surface area (Å²) in [6.45, 7) is 3.63. The Morgan fingerprint density at radius 3 is 2.40 bits per heavy atom. The van der Waals surface area contributed by atoms with Crippen LogP contribution in [0.15, 0.2) is 33.9 Å². The zero-order valence-electron chi connectivity index (χ0n) is 8.57. The Labute approximate surface area is 96.9 Å². The highest BCUT2D eigenvalue weighted by molar-refractivity contribution is 9.10. The van der Waals surface area contributed by atoms with E-state index in [-0.39, 0.29) is 0 Å². The number of halogens is 1. The molecule has 1 heterocycles. The van der Waals surface area contributed by atoms with Crippen molar-refractivity contribution in [2.75, 3.05) is 0 Å². The summed E-state index contributed by atoms with van der Waals surface area (Å²) < 4.78 is 1.000. The highest BCUT2D eigenvalue weighted by atomic mass is 79.9. The molecule has 1 aliphatic rings. The summed E-state index contributed by atoms with van der Waals surface area (Å²) >= 11 is 3.36. The molecule has 1 aromatic rings. The summed E-state index contributed by atoms with van der Waals surface area (Å²) in [6.07, 6.45) is -0.682. The molecule has 1 aromatic carbocycles. The molecule has 0 aromatic heterocycles. The third-order valence-electron chi connectivity index (χ3n) is 2.44. The lowest BCUT2D eigenvalue weighted by Crippen LogP contribution is -2.38. The number of benzene rings is 1. The summed E-state index contributed by atoms with van der Waals surface area (Å²) in [4.78, 5) is 5.18. The zero-order valence-corrected chi connectivity index (χ0v) is 10.2. The normalized spacial score (nSPS) is 23.5. The van der Waals surface area contributed by atoms with Crippen molar-refractivity contribution in [3.05, 3.63) is 34.3 Å². The van der Waals surface area contributed by atoms with Gasteiger partial charge in [0.25, 0.3) is 0 Å². The molecular weight excluding hydrogens is 258 g/mol. The van der Waals surface area contributed by atoms with Gasteiger partial charge in [-0.2, -0.15) is 0 Å². The number of nitrogens with zero attached hydrogens (tertiary/aromatic N) is 1. The van der Waals surface area contributed by atoms with Crippen LogP contribution in [0.5, 0.6) is 0 Å². The molecule has 4 heteroatoms. The van der Waals surface area contributed by atoms with Crippen LogP contribution in [-0.4, -0.2) is 22.5 Å². The molecule has 0 bridgehead atoms. The van der Waals surface area contributed by atoms with Gasteiger partial charge in [-0.25, -0.2) is 0 Å². The van der Waals surface area contributed by atoms with Crippen molar-refractivity contribution in [2.24, 2.45) is 5.16 Å². The molecule has 2 rings (SSSR count). The fourth-order valence-electron chi connectivity index (χ4n) is 1.43. The third-order valence-corrected chi connectivity index (χ3v) is 2.97. The number of hydrogen-bond acceptors (Lipinski definition) is 3. The summed E-state index contributed by atoms with van der Waals surface area (Å²) in [5, 5.41) is 13.9. The second kappa shape index (κ2) is 3.61. The number of oxime groups is 1. The van der Waals surface area contributed by atoms with Gasteiger partial charge in [0.2, 0.25) is 0 Å². The van der Waals surface area contributed by atoms with E-state index in [9.17, 15) is 5.11 Å². The maximum absolute atomic E-state index is 9.97. The standard InChI is InChI=1S/C11H12BrNO2/c1-11(2)10(14)9(13-15-11)7-3-5-8(12)6-4-7/h3-6,10,14H,1-2H3. The predicted octanol–water partition coefficient (Wildman–Crippen LogP) is 2.32. The molecule has 0 saturated heterocycles. The Kier molecular flexibility index (Phi) is 2.56. The fraction of sp³-hybridized carbons (Fsp3) is 0.364. The number of aliphatic hydroxyl groups excluding tert-OH is 1. The first kappa shape index (κ1) is 10.6. The van der Waals surface area contributed by atoms with Crippen LogP contribution in [0.3, 0.4) is 0 Å². The van der Waals surface area contributed by atoms with Gasteiger partial charge in [-0.05, 0) is 26.0 Å². The van der Waals surface area contributed by atoms with Crippen LogP contribution in [0.25, 0.3) is 0 Å². The van der Waals surface area contributed by atoms with E-state index in [1.807, 2.05) is 38.1 Å². The molecule has 0 fully saturated rings. The highest BCUT2D eigenvalue weighted by Crippen LogP contribution is 2.26. The van der Waals surface area contributed by atoms with Crippen LogP contribution < -0.4 is 0 Å². The molecule has 1 aliphatic heterocycles. The quantitative estimate of drug-likeness (QED) is 0.850. The predicted molar refractivity (Wildman–Crippen MR) is 61.8 cm³/mol. The third kappa shape index (κ3) is 1.92. The minimum Gasteiger partial charge on any atom is -0.386 e. The van der Waals surface area contributed by atoms with Gasteiger partial charge in [-0.15, -0.1) is 0 Å². The van der Waals surface area contributed by atoms with Gasteiger partial charge in [-0.1, -0.05) is 33.2 Å². The van der Waals surface area contributed by atoms with E-state index in [0.29, 0.717) is 5.71 Å². The first-order valence-corrected chi connectivity index (χ1v) is 5.50. The average Bonchev–Trinajstić information content (AvgIpc) is 2.45. The lowest BCUT2D eigenvalue weighted by Gasteiger charge is -2.20. The first-order valence-electron chi connectivity index (χ1n) is 4.71. The second-order valence-corrected chi connectivity index (χ2v) is 5.00. The lowest BCUT2D eigenvalue weighted by atomic mass is 9.94. The van der Waals surface area contributed by atoms with Crippen LogP contribution in [0.2, 0.25) is 0 Å². The number of aliphatic hydroxyl groups is 1. The van der Waals surface area contributed by atoms with Gasteiger partial charge in [0.1, 0.15) is 11.8 Å². The maximum Gasteiger partial charge on any atom is 0.163 e. The molecule has 3 nitrogen and oxygen atoms in total. The van der Waals surface area contributed by atoms with Crippen molar-refractivity contribution < 1.29 is 9.94 Å². The SMILES string of the molecule is CC1(C)ON=C(c2ccc(Br)cc2)C1O. The molecule has 0 saturated carbocycles. The molecule has 0 spiro atoms. The molecule has 15 heavy (non-hydrogen) atoms. The summed E-state index contributed by atoms with van der Waals surface area (Å²) in [5.41, 5.74) is 0.839. The van der Waals surface area contributed by atoms with E-state index in [2.05, 4.69) is 21.1 Å². The molecule has 1 unspecified atom stereocenters. The molecule has 0 amide bonds. The Morgan fingerprint density at radius 2 is 1.93 bits per heavy atom. The Morgan fingerprint density at radius 1 is 1.33 bits per heavy atom. The van der Waals surface area contributed by atoms with E-state index in [1.165, 1.54) is 0 Å². The van der Waals surface area contributed by atoms with Crippen molar-refractivity contribution in [2.45, 2.75) is 25.6 Å². The van der Waals surface area contributed by atoms with Gasteiger partial charge in [0.15, 0.2) is 5.60 Å². The van der Waals surface area contributed by atoms with Gasteiger partial charge >= 0.3 is 0 Å². The minimum atomic E-state index is -0.682. The van der Waals surface area contributed by atoms with Crippen molar-refractivity contribution in [3.8, 4) is 0 Å². The smallest absolute Gasteiger partial charge is 0.163 e. The van der Waals surface area contributed by atoms with Crippen LogP contribution in [0.1, 0.15) is 19.4 Å². The Hall–Kier alpha value is -0.870. The monoisotopic (exact) mass is 269 g/mol. The van der Waals surface area contributed by atoms with E-state index >= 15 is 0 Å². The molecule has 0 aliphatic carbocycles. The minimum absolute atomic E-state index is 0.590. The van der Waals surface area contributed by atoms with Crippen LogP contribution in [0.4, 0.5) is 0 Å². The summed E-state index contributed by atoms with van der Waals surface area (Å²) in [7, 11) is 0. The largest absolute Gasteiger partial charge is 0.386 e. The lowest BCUT2D eigenvalue weighted by molar-refractivity contribution is -0.0476. The molecule has 1 atom stereocenters. The van der Waals surface area contributed by atoms with Crippen molar-refractivity contribution in [3.63, 3.8) is 0 Å². The van der Waals surface area contributed by atoms with Crippen LogP contribution in [-0.2, 0) is 4.84 Å². The van der Waals surface area contributed by atoms with Crippen LogP contribution in [0, 0.1) is 0 Å². The molecule has 1 N–H and O–H groups in total. The van der Waals surface area contributed by atoms with Crippen LogP contribution >= 0.6 is 15.9 Å². The second-order valence-electron chi connectivity index (χ2n) is 4.08. The van der Waals surface area contributed by atoms with Gasteiger partial charge in [0, 0.05) is 10.0 Å². The van der Waals surface area contributed by atoms with Gasteiger partial charge in [0.05, 0.1) is 0 Å². The topological polar surface area (TPSA) is 41.8 Å². The van der Waals surface area contributed by atoms with Crippen molar-refractivity contribution >= 4 is 21.6 Å². The van der Waals surface area contributed by atoms with E-state index in [0.717, 1.165) is 10.0 Å². The van der Waals surface area contributed by atoms with Gasteiger partial charge in [-0.3, -0.25) is 0 Å². The zero-order chi connectivity index (χ0) is 11.1. The van der Waals surface area contributed by atoms with Crippen molar-refractivity contribution in [1.29, 1.82) is 0 Å². The Balaban J connectivity index is 2.30. The molecule has 80 valence electrons. The Bertz CT molecular complexity index is 398. The first-order chi connectivity index (χ1) is 7.00. The average molecular weight is 270 g/mol. The van der Waals surface area contributed by atoms with E-state index < -0.39 is 11.7 Å². The molecule has 0 radical (unpaired) electrons. The maximum atomic E-state index is 9.97. The van der Waals surface area contributed by atoms with E-state index in [1.54, 1.807) is 0 Å². The fourth-order valence-corrected chi connectivity index (χ4v) is 1.69. The number of rotatable bonds is 1. The summed E-state index contributed by atoms with van der Waals surface area (Å²) in [5.74, 6) is 0.